The van der Waals surface area contributed by atoms with Gasteiger partial charge >= 0.3 is 15.2 Å². The third kappa shape index (κ3) is 7.44. The number of rotatable bonds is 9. The van der Waals surface area contributed by atoms with Gasteiger partial charge in [0.25, 0.3) is 0 Å². The van der Waals surface area contributed by atoms with Crippen LogP contribution in [-0.2, 0) is 18.4 Å². The molecule has 1 fully saturated rings. The topological polar surface area (TPSA) is 186 Å². The molecule has 7 N–H and O–H groups in total. The molecule has 25 heavy (non-hydrogen) atoms. The van der Waals surface area contributed by atoms with Crippen molar-refractivity contribution < 1.29 is 48.4 Å². The lowest BCUT2D eigenvalue weighted by molar-refractivity contribution is -0.252. The fourth-order valence-corrected chi connectivity index (χ4v) is 4.88. The maximum absolute atomic E-state index is 11.6. The first-order valence-electron chi connectivity index (χ1n) is 7.51. The van der Waals surface area contributed by atoms with Crippen LogP contribution < -0.4 is 5.32 Å². The highest BCUT2D eigenvalue weighted by Gasteiger charge is 2.45. The molecule has 1 heterocycles. The molecule has 0 spiro atoms. The van der Waals surface area contributed by atoms with Crippen LogP contribution in [0.5, 0.6) is 0 Å². The van der Waals surface area contributed by atoms with Crippen molar-refractivity contribution in [3.63, 3.8) is 0 Å². The van der Waals surface area contributed by atoms with Crippen molar-refractivity contribution >= 4 is 15.2 Å². The Bertz CT molecular complexity index is 552. The Balaban J connectivity index is 2.66. The Hall–Kier alpha value is -0.320. The van der Waals surface area contributed by atoms with E-state index in [2.05, 4.69) is 16.4 Å². The van der Waals surface area contributed by atoms with Gasteiger partial charge in [0.05, 0.1) is 6.61 Å². The lowest BCUT2D eigenvalue weighted by atomic mass is 9.96. The molecule has 11 nitrogen and oxygen atoms in total. The van der Waals surface area contributed by atoms with E-state index in [0.717, 1.165) is 6.42 Å². The second kappa shape index (κ2) is 9.05. The van der Waals surface area contributed by atoms with Crippen molar-refractivity contribution in [2.24, 2.45) is 0 Å². The van der Waals surface area contributed by atoms with Gasteiger partial charge in [0.15, 0.2) is 12.2 Å². The van der Waals surface area contributed by atoms with Crippen molar-refractivity contribution in [1.82, 2.24) is 5.32 Å². The van der Waals surface area contributed by atoms with Crippen molar-refractivity contribution in [1.29, 1.82) is 0 Å². The van der Waals surface area contributed by atoms with Crippen LogP contribution in [0.25, 0.3) is 0 Å². The molecular formula is C12H25NO10P2. The first-order valence-corrected chi connectivity index (χ1v) is 11.1. The van der Waals surface area contributed by atoms with Crippen molar-refractivity contribution in [2.75, 3.05) is 12.5 Å². The van der Waals surface area contributed by atoms with Gasteiger partial charge in [-0.25, -0.2) is 0 Å². The van der Waals surface area contributed by atoms with Crippen LogP contribution >= 0.6 is 15.2 Å². The third-order valence-corrected chi connectivity index (χ3v) is 6.90. The van der Waals surface area contributed by atoms with Crippen LogP contribution in [0.2, 0.25) is 0 Å². The molecule has 1 rings (SSSR count). The molecule has 6 atom stereocenters. The zero-order valence-corrected chi connectivity index (χ0v) is 15.4. The highest BCUT2D eigenvalue weighted by atomic mass is 31.2. The van der Waals surface area contributed by atoms with E-state index < -0.39 is 58.3 Å². The molecule has 13 heteroatoms. The molecule has 2 unspecified atom stereocenters. The number of allylic oxidation sites excluding steroid dienone is 1. The molecule has 148 valence electrons. The van der Waals surface area contributed by atoms with Crippen LogP contribution in [0.4, 0.5) is 0 Å². The van der Waals surface area contributed by atoms with Crippen molar-refractivity contribution in [3.05, 3.63) is 12.3 Å². The van der Waals surface area contributed by atoms with Gasteiger partial charge in [-0.1, -0.05) is 19.9 Å². The summed E-state index contributed by atoms with van der Waals surface area (Å²) in [7, 11) is -9.43. The maximum Gasteiger partial charge on any atom is 0.340 e. The summed E-state index contributed by atoms with van der Waals surface area (Å²) in [5.74, 6) is -1.39. The molecule has 0 bridgehead atoms. The van der Waals surface area contributed by atoms with E-state index in [4.69, 9.17) is 14.5 Å². The number of hydrogen-bond acceptors (Lipinski definition) is 8. The van der Waals surface area contributed by atoms with Gasteiger partial charge in [0.2, 0.25) is 0 Å². The number of aliphatic hydroxyl groups excluding tert-OH is 3. The number of hydrogen-bond donors (Lipinski definition) is 7. The van der Waals surface area contributed by atoms with Gasteiger partial charge in [-0.05, 0) is 6.42 Å². The smallest absolute Gasteiger partial charge is 0.340 e. The second-order valence-corrected chi connectivity index (χ2v) is 9.80. The van der Waals surface area contributed by atoms with Gasteiger partial charge in [-0.15, -0.1) is 0 Å². The summed E-state index contributed by atoms with van der Waals surface area (Å²) in [5, 5.41) is 32.8. The Kier molecular flexibility index (Phi) is 8.23. The summed E-state index contributed by atoms with van der Waals surface area (Å²) in [6, 6.07) is -1.07. The average molecular weight is 405 g/mol. The fraction of sp³-hybridized carbons (Fsp3) is 0.833. The zero-order chi connectivity index (χ0) is 19.4. The van der Waals surface area contributed by atoms with Gasteiger partial charge < -0.3 is 44.6 Å². The van der Waals surface area contributed by atoms with Crippen LogP contribution in [-0.4, -0.2) is 73.2 Å². The first kappa shape index (κ1) is 22.7. The third-order valence-electron chi connectivity index (χ3n) is 3.45. The van der Waals surface area contributed by atoms with Crippen molar-refractivity contribution in [2.45, 2.75) is 50.4 Å². The monoisotopic (exact) mass is 405 g/mol. The average Bonchev–Trinajstić information content (AvgIpc) is 2.44. The summed E-state index contributed by atoms with van der Waals surface area (Å²) in [4.78, 5) is 26.8. The number of aliphatic hydroxyl groups is 3. The minimum atomic E-state index is -4.79. The van der Waals surface area contributed by atoms with E-state index >= 15 is 0 Å². The fourth-order valence-electron chi connectivity index (χ4n) is 2.31. The summed E-state index contributed by atoms with van der Waals surface area (Å²) in [6.07, 6.45) is -4.67. The lowest BCUT2D eigenvalue weighted by Crippen LogP contribution is -2.63. The van der Waals surface area contributed by atoms with E-state index in [1.165, 1.54) is 0 Å². The minimum Gasteiger partial charge on any atom is -0.388 e. The van der Waals surface area contributed by atoms with Gasteiger partial charge in [-0.2, -0.15) is 0 Å². The molecule has 1 aliphatic rings. The zero-order valence-electron chi connectivity index (χ0n) is 13.6. The molecule has 0 radical (unpaired) electrons. The van der Waals surface area contributed by atoms with E-state index in [0.29, 0.717) is 12.1 Å². The van der Waals surface area contributed by atoms with Gasteiger partial charge in [0.1, 0.15) is 24.4 Å². The van der Waals surface area contributed by atoms with Crippen molar-refractivity contribution in [3.8, 4) is 0 Å². The van der Waals surface area contributed by atoms with Crippen LogP contribution in [0, 0.1) is 0 Å². The molecule has 0 amide bonds. The molecular weight excluding hydrogens is 380 g/mol. The quantitative estimate of drug-likeness (QED) is 0.234. The predicted octanol–water partition coefficient (Wildman–Crippen LogP) is -0.965. The highest BCUT2D eigenvalue weighted by molar-refractivity contribution is 7.70. The molecule has 0 aliphatic carbocycles. The lowest BCUT2D eigenvalue weighted by Gasteiger charge is -2.41. The van der Waals surface area contributed by atoms with Gasteiger partial charge in [-0.3, -0.25) is 9.13 Å². The summed E-state index contributed by atoms with van der Waals surface area (Å²) in [6.45, 7) is 4.86. The Morgan fingerprint density at radius 2 is 1.80 bits per heavy atom. The molecule has 0 aromatic heterocycles. The Labute approximate surface area is 145 Å². The molecule has 0 aromatic rings. The van der Waals surface area contributed by atoms with Crippen LogP contribution in [0.15, 0.2) is 12.3 Å². The van der Waals surface area contributed by atoms with Gasteiger partial charge in [0, 0.05) is 5.70 Å². The Morgan fingerprint density at radius 3 is 2.32 bits per heavy atom. The van der Waals surface area contributed by atoms with Crippen LogP contribution in [0.1, 0.15) is 19.8 Å². The SMILES string of the molecule is C=C(CCC)N[C@H]1C(O)O[C@H](COP(=O)(O)CP(=O)(O)O)[C@@H](O)[C@@H]1O. The summed E-state index contributed by atoms with van der Waals surface area (Å²) < 4.78 is 32.0. The van der Waals surface area contributed by atoms with E-state index in [1.807, 2.05) is 6.92 Å². The summed E-state index contributed by atoms with van der Waals surface area (Å²) >= 11 is 0. The van der Waals surface area contributed by atoms with E-state index in [1.54, 1.807) is 0 Å². The molecule has 1 aliphatic heterocycles. The maximum atomic E-state index is 11.6. The highest BCUT2D eigenvalue weighted by Crippen LogP contribution is 2.55. The second-order valence-electron chi connectivity index (χ2n) is 5.81. The standard InChI is InChI=1S/C12H25NO10P2/c1-3-4-7(2)13-9-11(15)10(14)8(23-12(9)16)5-22-25(20,21)6-24(17,18)19/h8-16H,2-6H2,1H3,(H,20,21)(H2,17,18,19)/t8-,9-,10-,11-,12?/m1/s1. The van der Waals surface area contributed by atoms with E-state index in [9.17, 15) is 29.3 Å². The minimum absolute atomic E-state index is 0.526. The molecule has 1 saturated heterocycles. The first-order chi connectivity index (χ1) is 11.4. The molecule has 0 saturated carbocycles. The van der Waals surface area contributed by atoms with E-state index in [-0.39, 0.29) is 0 Å². The summed E-state index contributed by atoms with van der Waals surface area (Å²) in [5.41, 5.74) is 0.526. The normalized spacial score (nSPS) is 32.8. The number of nitrogens with one attached hydrogen (secondary N) is 1. The predicted molar refractivity (Wildman–Crippen MR) is 86.6 cm³/mol. The number of ether oxygens (including phenoxy) is 1. The molecule has 0 aromatic carbocycles. The largest absolute Gasteiger partial charge is 0.388 e. The van der Waals surface area contributed by atoms with Crippen LogP contribution in [0.3, 0.4) is 0 Å². The Morgan fingerprint density at radius 1 is 1.20 bits per heavy atom.